The minimum absolute atomic E-state index is 0.0215. The van der Waals surface area contributed by atoms with E-state index in [0.29, 0.717) is 0 Å². The molecule has 0 spiro atoms. The summed E-state index contributed by atoms with van der Waals surface area (Å²) in [5.41, 5.74) is 0.0215. The van der Waals surface area contributed by atoms with Crippen molar-refractivity contribution in [2.24, 2.45) is 5.41 Å². The summed E-state index contributed by atoms with van der Waals surface area (Å²) in [6.45, 7) is 4.29. The molecular formula is C9H19NO2. The van der Waals surface area contributed by atoms with E-state index in [2.05, 4.69) is 18.9 Å². The van der Waals surface area contributed by atoms with Gasteiger partial charge in [0.1, 0.15) is 0 Å². The summed E-state index contributed by atoms with van der Waals surface area (Å²) >= 11 is 0. The molecule has 72 valence electrons. The lowest BCUT2D eigenvalue weighted by molar-refractivity contribution is -0.0376. The smallest absolute Gasteiger partial charge is 0.0704 e. The first-order valence-electron chi connectivity index (χ1n) is 4.42. The van der Waals surface area contributed by atoms with Crippen molar-refractivity contribution in [2.75, 3.05) is 33.9 Å². The van der Waals surface area contributed by atoms with Gasteiger partial charge in [0, 0.05) is 32.2 Å². The van der Waals surface area contributed by atoms with Crippen LogP contribution in [-0.4, -0.2) is 50.0 Å². The highest BCUT2D eigenvalue weighted by Gasteiger charge is 2.34. The van der Waals surface area contributed by atoms with Crippen molar-refractivity contribution in [3.63, 3.8) is 0 Å². The van der Waals surface area contributed by atoms with E-state index in [-0.39, 0.29) is 18.1 Å². The van der Waals surface area contributed by atoms with Crippen LogP contribution >= 0.6 is 0 Å². The predicted molar refractivity (Wildman–Crippen MR) is 48.1 cm³/mol. The van der Waals surface area contributed by atoms with Crippen molar-refractivity contribution >= 4 is 0 Å². The molecule has 1 aliphatic rings. The number of piperidine rings is 1. The molecule has 3 nitrogen and oxygen atoms in total. The first-order valence-corrected chi connectivity index (χ1v) is 4.42. The minimum atomic E-state index is 0.0215. The molecule has 0 saturated carbocycles. The highest BCUT2D eigenvalue weighted by Crippen LogP contribution is 2.29. The second-order valence-corrected chi connectivity index (χ2v) is 4.23. The van der Waals surface area contributed by atoms with Crippen molar-refractivity contribution in [2.45, 2.75) is 19.4 Å². The average Bonchev–Trinajstić information content (AvgIpc) is 2.03. The Labute approximate surface area is 74.3 Å². The monoisotopic (exact) mass is 173 g/mol. The Morgan fingerprint density at radius 1 is 1.67 bits per heavy atom. The number of aliphatic hydroxyl groups is 1. The second kappa shape index (κ2) is 3.73. The van der Waals surface area contributed by atoms with E-state index < -0.39 is 0 Å². The van der Waals surface area contributed by atoms with Crippen molar-refractivity contribution in [1.82, 2.24) is 4.90 Å². The molecule has 1 rings (SSSR count). The summed E-state index contributed by atoms with van der Waals surface area (Å²) in [5.74, 6) is 0. The van der Waals surface area contributed by atoms with Crippen LogP contribution in [0.3, 0.4) is 0 Å². The molecule has 0 radical (unpaired) electrons. The Bertz CT molecular complexity index is 151. The SMILES string of the molecule is COC1CN(C)CC(C)(CO)C1. The van der Waals surface area contributed by atoms with Gasteiger partial charge in [-0.25, -0.2) is 0 Å². The van der Waals surface area contributed by atoms with Gasteiger partial charge in [0.2, 0.25) is 0 Å². The van der Waals surface area contributed by atoms with Crippen molar-refractivity contribution in [3.8, 4) is 0 Å². The van der Waals surface area contributed by atoms with E-state index in [1.54, 1.807) is 7.11 Å². The highest BCUT2D eigenvalue weighted by atomic mass is 16.5. The maximum Gasteiger partial charge on any atom is 0.0704 e. The van der Waals surface area contributed by atoms with Crippen LogP contribution in [0.4, 0.5) is 0 Å². The van der Waals surface area contributed by atoms with Gasteiger partial charge in [-0.1, -0.05) is 6.92 Å². The largest absolute Gasteiger partial charge is 0.396 e. The Morgan fingerprint density at radius 2 is 2.33 bits per heavy atom. The lowest BCUT2D eigenvalue weighted by Crippen LogP contribution is -2.48. The Morgan fingerprint density at radius 3 is 2.83 bits per heavy atom. The number of hydrogen-bond donors (Lipinski definition) is 1. The number of likely N-dealkylation sites (N-methyl/N-ethyl adjacent to an activating group) is 1. The van der Waals surface area contributed by atoms with Gasteiger partial charge in [0.15, 0.2) is 0 Å². The Kier molecular flexibility index (Phi) is 3.09. The van der Waals surface area contributed by atoms with Crippen LogP contribution in [0, 0.1) is 5.41 Å². The molecule has 1 fully saturated rings. The van der Waals surface area contributed by atoms with Crippen LogP contribution in [0.1, 0.15) is 13.3 Å². The molecule has 2 atom stereocenters. The van der Waals surface area contributed by atoms with Gasteiger partial charge in [-0.2, -0.15) is 0 Å². The number of nitrogens with zero attached hydrogens (tertiary/aromatic N) is 1. The van der Waals surface area contributed by atoms with E-state index in [4.69, 9.17) is 4.74 Å². The van der Waals surface area contributed by atoms with Gasteiger partial charge in [-0.15, -0.1) is 0 Å². The molecule has 12 heavy (non-hydrogen) atoms. The van der Waals surface area contributed by atoms with Crippen molar-refractivity contribution in [1.29, 1.82) is 0 Å². The summed E-state index contributed by atoms with van der Waals surface area (Å²) in [7, 11) is 3.81. The Balaban J connectivity index is 2.56. The summed E-state index contributed by atoms with van der Waals surface area (Å²) in [5, 5.41) is 9.20. The average molecular weight is 173 g/mol. The summed E-state index contributed by atoms with van der Waals surface area (Å²) in [4.78, 5) is 2.22. The van der Waals surface area contributed by atoms with E-state index in [9.17, 15) is 5.11 Å². The van der Waals surface area contributed by atoms with Crippen LogP contribution in [0.25, 0.3) is 0 Å². The van der Waals surface area contributed by atoms with Gasteiger partial charge in [-0.05, 0) is 13.5 Å². The normalized spacial score (nSPS) is 38.5. The van der Waals surface area contributed by atoms with Gasteiger partial charge >= 0.3 is 0 Å². The third-order valence-electron chi connectivity index (χ3n) is 2.60. The van der Waals surface area contributed by atoms with E-state index >= 15 is 0 Å². The zero-order valence-corrected chi connectivity index (χ0v) is 8.21. The molecule has 1 N–H and O–H groups in total. The number of methoxy groups -OCH3 is 1. The van der Waals surface area contributed by atoms with Gasteiger partial charge < -0.3 is 14.7 Å². The zero-order valence-electron chi connectivity index (χ0n) is 8.21. The quantitative estimate of drug-likeness (QED) is 0.653. The van der Waals surface area contributed by atoms with E-state index in [1.165, 1.54) is 0 Å². The van der Waals surface area contributed by atoms with Gasteiger partial charge in [-0.3, -0.25) is 0 Å². The molecule has 0 aliphatic carbocycles. The number of rotatable bonds is 2. The standard InChI is InChI=1S/C9H19NO2/c1-9(7-11)4-8(12-3)5-10(2)6-9/h8,11H,4-7H2,1-3H3. The van der Waals surface area contributed by atoms with Crippen LogP contribution in [0.15, 0.2) is 0 Å². The first kappa shape index (κ1) is 9.96. The lowest BCUT2D eigenvalue weighted by Gasteiger charge is -2.41. The molecule has 0 aromatic carbocycles. The molecule has 0 aromatic heterocycles. The van der Waals surface area contributed by atoms with Crippen molar-refractivity contribution < 1.29 is 9.84 Å². The molecule has 3 heteroatoms. The zero-order chi connectivity index (χ0) is 9.19. The van der Waals surface area contributed by atoms with E-state index in [0.717, 1.165) is 19.5 Å². The predicted octanol–water partition coefficient (Wildman–Crippen LogP) is 0.336. The number of hydrogen-bond acceptors (Lipinski definition) is 3. The fraction of sp³-hybridized carbons (Fsp3) is 1.00. The first-order chi connectivity index (χ1) is 5.59. The lowest BCUT2D eigenvalue weighted by atomic mass is 9.81. The topological polar surface area (TPSA) is 32.7 Å². The second-order valence-electron chi connectivity index (χ2n) is 4.23. The molecule has 0 aromatic rings. The Hall–Kier alpha value is -0.120. The van der Waals surface area contributed by atoms with Crippen LogP contribution < -0.4 is 0 Å². The number of likely N-dealkylation sites (tertiary alicyclic amines) is 1. The summed E-state index contributed by atoms with van der Waals surface area (Å²) < 4.78 is 5.31. The molecule has 2 unspecified atom stereocenters. The highest BCUT2D eigenvalue weighted by molar-refractivity contribution is 4.86. The number of ether oxygens (including phenoxy) is 1. The van der Waals surface area contributed by atoms with Crippen LogP contribution in [-0.2, 0) is 4.74 Å². The molecule has 1 aliphatic heterocycles. The minimum Gasteiger partial charge on any atom is -0.396 e. The third kappa shape index (κ3) is 2.19. The maximum absolute atomic E-state index is 9.20. The molecule has 1 saturated heterocycles. The molecule has 1 heterocycles. The summed E-state index contributed by atoms with van der Waals surface area (Å²) in [6.07, 6.45) is 1.24. The molecule has 0 bridgehead atoms. The molecular weight excluding hydrogens is 154 g/mol. The van der Waals surface area contributed by atoms with Crippen LogP contribution in [0.5, 0.6) is 0 Å². The van der Waals surface area contributed by atoms with Crippen LogP contribution in [0.2, 0.25) is 0 Å². The number of aliphatic hydroxyl groups excluding tert-OH is 1. The summed E-state index contributed by atoms with van der Waals surface area (Å²) in [6, 6.07) is 0. The maximum atomic E-state index is 9.20. The van der Waals surface area contributed by atoms with Gasteiger partial charge in [0.05, 0.1) is 6.10 Å². The fourth-order valence-electron chi connectivity index (χ4n) is 2.01. The van der Waals surface area contributed by atoms with Gasteiger partial charge in [0.25, 0.3) is 0 Å². The van der Waals surface area contributed by atoms with Crippen molar-refractivity contribution in [3.05, 3.63) is 0 Å². The molecule has 0 amide bonds. The third-order valence-corrected chi connectivity index (χ3v) is 2.60. The fourth-order valence-corrected chi connectivity index (χ4v) is 2.01. The van der Waals surface area contributed by atoms with E-state index in [1.807, 2.05) is 0 Å².